The van der Waals surface area contributed by atoms with Crippen molar-refractivity contribution in [1.82, 2.24) is 5.32 Å². The zero-order chi connectivity index (χ0) is 27.6. The molecule has 0 bridgehead atoms. The third kappa shape index (κ3) is 4.99. The molecular formula is C29H32BrNO7. The number of carbonyl (C=O) groups is 2. The number of allylic oxidation sites excluding steroid dienone is 3. The molecule has 2 atom stereocenters. The Bertz CT molecular complexity index is 1330. The maximum atomic E-state index is 13.9. The summed E-state index contributed by atoms with van der Waals surface area (Å²) < 4.78 is 28.0. The number of benzene rings is 2. The van der Waals surface area contributed by atoms with Crippen LogP contribution in [-0.2, 0) is 14.3 Å². The van der Waals surface area contributed by atoms with Crippen LogP contribution in [0.25, 0.3) is 0 Å². The third-order valence-corrected chi connectivity index (χ3v) is 7.70. The summed E-state index contributed by atoms with van der Waals surface area (Å²) in [6, 6.07) is 9.32. The molecule has 1 aliphatic carbocycles. The van der Waals surface area contributed by atoms with Gasteiger partial charge in [0, 0.05) is 33.8 Å². The van der Waals surface area contributed by atoms with Gasteiger partial charge in [0.25, 0.3) is 0 Å². The number of ether oxygens (including phenoxy) is 5. The van der Waals surface area contributed by atoms with Gasteiger partial charge in [-0.3, -0.25) is 4.79 Å². The zero-order valence-electron chi connectivity index (χ0n) is 22.4. The molecule has 1 heterocycles. The van der Waals surface area contributed by atoms with Gasteiger partial charge < -0.3 is 29.0 Å². The van der Waals surface area contributed by atoms with E-state index in [1.807, 2.05) is 31.2 Å². The van der Waals surface area contributed by atoms with Crippen LogP contribution in [0.2, 0.25) is 0 Å². The Morgan fingerprint density at radius 1 is 0.947 bits per heavy atom. The van der Waals surface area contributed by atoms with Crippen molar-refractivity contribution < 1.29 is 33.3 Å². The summed E-state index contributed by atoms with van der Waals surface area (Å²) in [5, 5.41) is 3.37. The molecule has 2 aromatic rings. The Balaban J connectivity index is 1.84. The molecule has 0 saturated heterocycles. The molecule has 4 rings (SSSR count). The van der Waals surface area contributed by atoms with Crippen LogP contribution < -0.4 is 24.3 Å². The molecule has 0 spiro atoms. The number of dihydropyridines is 1. The second-order valence-corrected chi connectivity index (χ2v) is 9.94. The Morgan fingerprint density at radius 3 is 2.21 bits per heavy atom. The van der Waals surface area contributed by atoms with E-state index >= 15 is 0 Å². The van der Waals surface area contributed by atoms with E-state index in [1.54, 1.807) is 41.4 Å². The molecule has 0 saturated carbocycles. The maximum absolute atomic E-state index is 13.9. The summed E-state index contributed by atoms with van der Waals surface area (Å²) >= 11 is 3.65. The van der Waals surface area contributed by atoms with Gasteiger partial charge in [-0.05, 0) is 61.6 Å². The summed E-state index contributed by atoms with van der Waals surface area (Å²) in [5.74, 6) is 1.06. The first-order valence-electron chi connectivity index (χ1n) is 12.3. The molecule has 2 unspecified atom stereocenters. The first kappa shape index (κ1) is 27.6. The number of Topliss-reactive ketones (excluding diaryl/α,β-unsaturated/α-hetero) is 1. The van der Waals surface area contributed by atoms with Crippen molar-refractivity contribution in [1.29, 1.82) is 0 Å². The molecule has 9 heteroatoms. The summed E-state index contributed by atoms with van der Waals surface area (Å²) in [7, 11) is 6.29. The number of hydrogen-bond donors (Lipinski definition) is 1. The van der Waals surface area contributed by atoms with Crippen molar-refractivity contribution in [3.8, 4) is 23.0 Å². The second kappa shape index (κ2) is 11.5. The first-order chi connectivity index (χ1) is 18.3. The molecule has 1 N–H and O–H groups in total. The minimum Gasteiger partial charge on any atom is -0.493 e. The number of esters is 1. The standard InChI is InChI=1S/C29H32BrNO7/c1-7-38-29(33)26-15(2)31-20-10-17(16-8-9-22(34-3)23(12-16)35-4)11-21(32)28(20)27(26)18-13-24(36-5)25(37-6)14-19(18)30/h8-9,12-14,17,27,31H,7,10-11H2,1-6H3. The van der Waals surface area contributed by atoms with Crippen molar-refractivity contribution in [2.45, 2.75) is 38.5 Å². The molecule has 0 fully saturated rings. The van der Waals surface area contributed by atoms with E-state index in [4.69, 9.17) is 23.7 Å². The lowest BCUT2D eigenvalue weighted by molar-refractivity contribution is -0.138. The lowest BCUT2D eigenvalue weighted by atomic mass is 9.71. The highest BCUT2D eigenvalue weighted by Gasteiger charge is 2.42. The molecule has 8 nitrogen and oxygen atoms in total. The van der Waals surface area contributed by atoms with E-state index in [0.717, 1.165) is 16.8 Å². The van der Waals surface area contributed by atoms with Crippen molar-refractivity contribution in [2.75, 3.05) is 35.0 Å². The normalized spacial score (nSPS) is 19.0. The molecule has 2 aromatic carbocycles. The Labute approximate surface area is 231 Å². The SMILES string of the molecule is CCOC(=O)C1=C(C)NC2=C(C(=O)CC(c3ccc(OC)c(OC)c3)C2)C1c1cc(OC)c(OC)cc1Br. The first-order valence-corrected chi connectivity index (χ1v) is 13.1. The fraction of sp³-hybridized carbons (Fsp3) is 0.379. The van der Waals surface area contributed by atoms with Crippen LogP contribution in [0.5, 0.6) is 23.0 Å². The lowest BCUT2D eigenvalue weighted by Crippen LogP contribution is -2.36. The van der Waals surface area contributed by atoms with Gasteiger partial charge in [-0.2, -0.15) is 0 Å². The van der Waals surface area contributed by atoms with Crippen molar-refractivity contribution >= 4 is 27.7 Å². The second-order valence-electron chi connectivity index (χ2n) is 9.08. The van der Waals surface area contributed by atoms with Crippen LogP contribution in [0.3, 0.4) is 0 Å². The Kier molecular flexibility index (Phi) is 8.35. The van der Waals surface area contributed by atoms with Gasteiger partial charge in [0.15, 0.2) is 28.8 Å². The Morgan fingerprint density at radius 2 is 1.58 bits per heavy atom. The Hall–Kier alpha value is -3.46. The van der Waals surface area contributed by atoms with E-state index in [-0.39, 0.29) is 24.7 Å². The van der Waals surface area contributed by atoms with Gasteiger partial charge in [-0.15, -0.1) is 0 Å². The van der Waals surface area contributed by atoms with Crippen LogP contribution in [0.4, 0.5) is 0 Å². The molecular weight excluding hydrogens is 554 g/mol. The van der Waals surface area contributed by atoms with Crippen molar-refractivity contribution in [3.05, 3.63) is 68.5 Å². The van der Waals surface area contributed by atoms with Gasteiger partial charge in [-0.25, -0.2) is 4.79 Å². The smallest absolute Gasteiger partial charge is 0.336 e. The van der Waals surface area contributed by atoms with E-state index in [0.29, 0.717) is 50.7 Å². The van der Waals surface area contributed by atoms with Gasteiger partial charge in [-0.1, -0.05) is 22.0 Å². The average molecular weight is 586 g/mol. The van der Waals surface area contributed by atoms with Gasteiger partial charge in [0.1, 0.15) is 0 Å². The fourth-order valence-electron chi connectivity index (χ4n) is 5.26. The van der Waals surface area contributed by atoms with Crippen molar-refractivity contribution in [3.63, 3.8) is 0 Å². The summed E-state index contributed by atoms with van der Waals surface area (Å²) in [4.78, 5) is 27.1. The molecule has 0 aromatic heterocycles. The van der Waals surface area contributed by atoms with Crippen LogP contribution in [0.1, 0.15) is 49.7 Å². The van der Waals surface area contributed by atoms with E-state index < -0.39 is 11.9 Å². The maximum Gasteiger partial charge on any atom is 0.336 e. The lowest BCUT2D eigenvalue weighted by Gasteiger charge is -2.37. The third-order valence-electron chi connectivity index (χ3n) is 7.02. The predicted molar refractivity (Wildman–Crippen MR) is 146 cm³/mol. The van der Waals surface area contributed by atoms with Gasteiger partial charge >= 0.3 is 5.97 Å². The number of rotatable bonds is 8. The number of methoxy groups -OCH3 is 4. The van der Waals surface area contributed by atoms with Gasteiger partial charge in [0.05, 0.1) is 40.6 Å². The number of carbonyl (C=O) groups excluding carboxylic acids is 2. The largest absolute Gasteiger partial charge is 0.493 e. The van der Waals surface area contributed by atoms with Crippen LogP contribution in [-0.4, -0.2) is 46.8 Å². The van der Waals surface area contributed by atoms with E-state index in [1.165, 1.54) is 0 Å². The monoisotopic (exact) mass is 585 g/mol. The molecule has 2 aliphatic rings. The highest BCUT2D eigenvalue weighted by molar-refractivity contribution is 9.10. The van der Waals surface area contributed by atoms with Gasteiger partial charge in [0.2, 0.25) is 0 Å². The minimum atomic E-state index is -0.640. The highest BCUT2D eigenvalue weighted by Crippen LogP contribution is 2.49. The zero-order valence-corrected chi connectivity index (χ0v) is 24.0. The van der Waals surface area contributed by atoms with E-state index in [9.17, 15) is 9.59 Å². The molecule has 0 radical (unpaired) electrons. The highest BCUT2D eigenvalue weighted by atomic mass is 79.9. The van der Waals surface area contributed by atoms with Crippen LogP contribution in [0.15, 0.2) is 57.3 Å². The molecule has 1 aliphatic heterocycles. The van der Waals surface area contributed by atoms with E-state index in [2.05, 4.69) is 21.2 Å². The van der Waals surface area contributed by atoms with Crippen molar-refractivity contribution in [2.24, 2.45) is 0 Å². The molecule has 0 amide bonds. The summed E-state index contributed by atoms with van der Waals surface area (Å²) in [6.07, 6.45) is 0.873. The molecule has 38 heavy (non-hydrogen) atoms. The predicted octanol–water partition coefficient (Wildman–Crippen LogP) is 5.41. The molecule has 202 valence electrons. The van der Waals surface area contributed by atoms with Crippen LogP contribution in [0, 0.1) is 0 Å². The summed E-state index contributed by atoms with van der Waals surface area (Å²) in [6.45, 7) is 3.81. The minimum absolute atomic E-state index is 0.0421. The van der Waals surface area contributed by atoms with Crippen LogP contribution >= 0.6 is 15.9 Å². The fourth-order valence-corrected chi connectivity index (χ4v) is 5.81. The average Bonchev–Trinajstić information content (AvgIpc) is 2.91. The number of halogens is 1. The number of hydrogen-bond acceptors (Lipinski definition) is 8. The number of ketones is 1. The number of nitrogens with one attached hydrogen (secondary N) is 1. The quantitative estimate of drug-likeness (QED) is 0.411. The topological polar surface area (TPSA) is 92.3 Å². The summed E-state index contributed by atoms with van der Waals surface area (Å²) in [5.41, 5.74) is 4.09.